The Kier molecular flexibility index (Phi) is 16.2. The first-order chi connectivity index (χ1) is 5.18. The molecule has 5 N–H and O–H groups in total. The molecule has 0 spiro atoms. The fourth-order valence-corrected chi connectivity index (χ4v) is 0.620. The maximum atomic E-state index is 10.2. The van der Waals surface area contributed by atoms with Crippen LogP contribution in [-0.4, -0.2) is 30.0 Å². The van der Waals surface area contributed by atoms with Crippen LogP contribution in [0.3, 0.4) is 0 Å². The molecule has 0 aromatic rings. The quantitative estimate of drug-likeness (QED) is 0.299. The molecule has 0 saturated heterocycles. The van der Waals surface area contributed by atoms with Gasteiger partial charge in [0, 0.05) is 6.54 Å². The van der Waals surface area contributed by atoms with Crippen LogP contribution in [0.25, 0.3) is 0 Å². The summed E-state index contributed by atoms with van der Waals surface area (Å²) in [7, 11) is 0. The van der Waals surface area contributed by atoms with Gasteiger partial charge in [-0.25, -0.2) is 0 Å². The normalized spacial score (nSPS) is 10.2. The van der Waals surface area contributed by atoms with Crippen LogP contribution in [0.5, 0.6) is 0 Å². The maximum absolute atomic E-state index is 10.2. The number of nitrogens with one attached hydrogen (secondary N) is 2. The zero-order valence-electron chi connectivity index (χ0n) is 7.03. The molecular formula is C6H15Cl2N3O2. The molecule has 0 bridgehead atoms. The number of carboxylic acid groups (broad SMARTS) is 1. The van der Waals surface area contributed by atoms with Crippen molar-refractivity contribution in [2.24, 2.45) is 5.73 Å². The van der Waals surface area contributed by atoms with Gasteiger partial charge in [0.2, 0.25) is 0 Å². The Hall–Kier alpha value is -0.520. The molecule has 0 saturated carbocycles. The highest BCUT2D eigenvalue weighted by Gasteiger charge is 2.09. The molecule has 0 fully saturated rings. The van der Waals surface area contributed by atoms with Crippen LogP contribution < -0.4 is 11.1 Å². The van der Waals surface area contributed by atoms with Gasteiger partial charge in [-0.05, 0) is 12.8 Å². The second-order valence-corrected chi connectivity index (χ2v) is 2.19. The lowest BCUT2D eigenvalue weighted by molar-refractivity contribution is -0.138. The van der Waals surface area contributed by atoms with Crippen molar-refractivity contribution < 1.29 is 9.90 Å². The van der Waals surface area contributed by atoms with Crippen molar-refractivity contribution in [2.75, 3.05) is 6.54 Å². The zero-order valence-corrected chi connectivity index (χ0v) is 8.66. The fraction of sp³-hybridized carbons (Fsp3) is 0.667. The second kappa shape index (κ2) is 11.5. The molecule has 13 heavy (non-hydrogen) atoms. The molecule has 0 aliphatic rings. The van der Waals surface area contributed by atoms with E-state index in [1.54, 1.807) is 0 Å². The molecule has 0 rings (SSSR count). The molecule has 0 amide bonds. The van der Waals surface area contributed by atoms with Crippen molar-refractivity contribution in [3.8, 4) is 0 Å². The molecule has 0 aromatic heterocycles. The van der Waals surface area contributed by atoms with Crippen LogP contribution in [0.15, 0.2) is 0 Å². The Morgan fingerprint density at radius 3 is 2.54 bits per heavy atom. The third-order valence-corrected chi connectivity index (χ3v) is 1.26. The monoisotopic (exact) mass is 231 g/mol. The third kappa shape index (κ3) is 11.5. The van der Waals surface area contributed by atoms with Crippen molar-refractivity contribution >= 4 is 37.1 Å². The van der Waals surface area contributed by atoms with Gasteiger partial charge < -0.3 is 16.2 Å². The number of carboxylic acids is 1. The molecule has 0 radical (unpaired) electrons. The van der Waals surface area contributed by atoms with E-state index in [0.29, 0.717) is 19.4 Å². The smallest absolute Gasteiger partial charge is 0.320 e. The number of carbonyl (C=O) groups is 1. The van der Waals surface area contributed by atoms with Gasteiger partial charge in [0.15, 0.2) is 0 Å². The number of aliphatic carboxylic acids is 1. The Morgan fingerprint density at radius 1 is 1.62 bits per heavy atom. The molecule has 0 aliphatic carbocycles. The molecule has 1 atom stereocenters. The summed E-state index contributed by atoms with van der Waals surface area (Å²) in [6, 6.07) is -0.775. The van der Waals surface area contributed by atoms with Crippen molar-refractivity contribution in [3.05, 3.63) is 0 Å². The summed E-state index contributed by atoms with van der Waals surface area (Å²) < 4.78 is 0. The van der Waals surface area contributed by atoms with E-state index in [9.17, 15) is 4.79 Å². The average Bonchev–Trinajstić information content (AvgIpc) is 1.97. The van der Waals surface area contributed by atoms with Crippen LogP contribution in [-0.2, 0) is 4.79 Å². The predicted molar refractivity (Wildman–Crippen MR) is 56.1 cm³/mol. The Bertz CT molecular complexity index is 146. The number of halogens is 2. The summed E-state index contributed by atoms with van der Waals surface area (Å²) in [6.07, 6.45) is 2.19. The van der Waals surface area contributed by atoms with Gasteiger partial charge in [0.1, 0.15) is 6.04 Å². The summed E-state index contributed by atoms with van der Waals surface area (Å²) in [5.74, 6) is -0.972. The summed E-state index contributed by atoms with van der Waals surface area (Å²) >= 11 is 0. The van der Waals surface area contributed by atoms with Crippen molar-refractivity contribution in [1.82, 2.24) is 5.32 Å². The molecule has 7 heteroatoms. The largest absolute Gasteiger partial charge is 0.480 e. The first kappa shape index (κ1) is 18.3. The minimum atomic E-state index is -0.972. The number of nitrogens with two attached hydrogens (primary N) is 1. The van der Waals surface area contributed by atoms with E-state index in [2.05, 4.69) is 5.32 Å². The Labute approximate surface area is 89.4 Å². The van der Waals surface area contributed by atoms with Crippen LogP contribution in [0.2, 0.25) is 0 Å². The number of rotatable bonds is 6. The zero-order chi connectivity index (χ0) is 8.69. The lowest BCUT2D eigenvalue weighted by Crippen LogP contribution is -2.30. The number of hydrogen-bond donors (Lipinski definition) is 4. The van der Waals surface area contributed by atoms with Crippen LogP contribution in [0.1, 0.15) is 12.8 Å². The highest BCUT2D eigenvalue weighted by molar-refractivity contribution is 5.85. The summed E-state index contributed by atoms with van der Waals surface area (Å²) in [6.45, 7) is 0.602. The predicted octanol–water partition coefficient (Wildman–Crippen LogP) is 0.219. The Morgan fingerprint density at radius 2 is 2.15 bits per heavy atom. The van der Waals surface area contributed by atoms with E-state index in [1.807, 2.05) is 0 Å². The van der Waals surface area contributed by atoms with E-state index >= 15 is 0 Å². The molecule has 0 unspecified atom stereocenters. The summed E-state index contributed by atoms with van der Waals surface area (Å²) in [5.41, 5.74) is 5.21. The molecule has 5 nitrogen and oxygen atoms in total. The van der Waals surface area contributed by atoms with Crippen LogP contribution >= 0.6 is 24.8 Å². The minimum Gasteiger partial charge on any atom is -0.480 e. The van der Waals surface area contributed by atoms with E-state index < -0.39 is 12.0 Å². The van der Waals surface area contributed by atoms with E-state index in [-0.39, 0.29) is 24.8 Å². The first-order valence-electron chi connectivity index (χ1n) is 3.39. The summed E-state index contributed by atoms with van der Waals surface area (Å²) in [5, 5.41) is 17.6. The fourth-order valence-electron chi connectivity index (χ4n) is 0.620. The van der Waals surface area contributed by atoms with Crippen molar-refractivity contribution in [1.29, 1.82) is 5.41 Å². The maximum Gasteiger partial charge on any atom is 0.320 e. The van der Waals surface area contributed by atoms with Gasteiger partial charge in [-0.2, -0.15) is 0 Å². The SMILES string of the molecule is Cl.Cl.N=CNCCC[C@H](N)C(=O)O. The van der Waals surface area contributed by atoms with E-state index in [4.69, 9.17) is 16.2 Å². The molecule has 0 heterocycles. The Balaban J connectivity index is -0.000000500. The van der Waals surface area contributed by atoms with Crippen molar-refractivity contribution in [3.63, 3.8) is 0 Å². The first-order valence-corrected chi connectivity index (χ1v) is 3.39. The van der Waals surface area contributed by atoms with Gasteiger partial charge in [0.05, 0.1) is 6.34 Å². The standard InChI is InChI=1S/C6H13N3O2.2ClH/c7-4-9-3-1-2-5(8)6(10)11;;/h4-5H,1-3,8H2,(H2,7,9)(H,10,11);2*1H/t5-;;/m0../s1. The van der Waals surface area contributed by atoms with Gasteiger partial charge in [-0.1, -0.05) is 0 Å². The summed E-state index contributed by atoms with van der Waals surface area (Å²) in [4.78, 5) is 10.2. The highest BCUT2D eigenvalue weighted by atomic mass is 35.5. The van der Waals surface area contributed by atoms with Gasteiger partial charge >= 0.3 is 5.97 Å². The number of hydrogen-bond acceptors (Lipinski definition) is 3. The van der Waals surface area contributed by atoms with Crippen molar-refractivity contribution in [2.45, 2.75) is 18.9 Å². The molecule has 0 aromatic carbocycles. The van der Waals surface area contributed by atoms with Gasteiger partial charge in [0.25, 0.3) is 0 Å². The van der Waals surface area contributed by atoms with Crippen LogP contribution in [0.4, 0.5) is 0 Å². The highest BCUT2D eigenvalue weighted by Crippen LogP contribution is 1.92. The molecular weight excluding hydrogens is 217 g/mol. The average molecular weight is 232 g/mol. The molecule has 80 valence electrons. The molecule has 0 aliphatic heterocycles. The second-order valence-electron chi connectivity index (χ2n) is 2.19. The minimum absolute atomic E-state index is 0. The van der Waals surface area contributed by atoms with Crippen LogP contribution in [0, 0.1) is 5.41 Å². The lowest BCUT2D eigenvalue weighted by atomic mass is 10.2. The topological polar surface area (TPSA) is 99.2 Å². The van der Waals surface area contributed by atoms with E-state index in [0.717, 1.165) is 6.34 Å². The lowest BCUT2D eigenvalue weighted by Gasteiger charge is -2.04. The van der Waals surface area contributed by atoms with E-state index in [1.165, 1.54) is 0 Å². The third-order valence-electron chi connectivity index (χ3n) is 1.26. The van der Waals surface area contributed by atoms with Gasteiger partial charge in [-0.3, -0.25) is 10.2 Å². The van der Waals surface area contributed by atoms with Gasteiger partial charge in [-0.15, -0.1) is 24.8 Å².